The van der Waals surface area contributed by atoms with Crippen LogP contribution >= 0.6 is 15.9 Å². The lowest BCUT2D eigenvalue weighted by atomic mass is 10.2. The van der Waals surface area contributed by atoms with E-state index in [0.717, 1.165) is 23.9 Å². The molecular formula is C15H21BrN4O2. The van der Waals surface area contributed by atoms with Crippen LogP contribution in [-0.4, -0.2) is 44.2 Å². The first-order chi connectivity index (χ1) is 10.6. The molecule has 1 unspecified atom stereocenters. The van der Waals surface area contributed by atoms with Crippen molar-refractivity contribution in [2.45, 2.75) is 18.9 Å². The number of halogens is 1. The molecule has 1 heterocycles. The van der Waals surface area contributed by atoms with Gasteiger partial charge in [0.1, 0.15) is 0 Å². The molecule has 1 aliphatic rings. The van der Waals surface area contributed by atoms with Crippen molar-refractivity contribution >= 4 is 27.8 Å². The number of rotatable bonds is 6. The molecule has 1 aliphatic heterocycles. The summed E-state index contributed by atoms with van der Waals surface area (Å²) in [5.41, 5.74) is 6.39. The van der Waals surface area contributed by atoms with Gasteiger partial charge in [-0.1, -0.05) is 15.9 Å². The number of amides is 1. The van der Waals surface area contributed by atoms with Gasteiger partial charge >= 0.3 is 0 Å². The van der Waals surface area contributed by atoms with Gasteiger partial charge in [-0.15, -0.1) is 0 Å². The first kappa shape index (κ1) is 16.8. The number of benzene rings is 1. The molecule has 1 aromatic carbocycles. The van der Waals surface area contributed by atoms with Gasteiger partial charge in [0.25, 0.3) is 5.91 Å². The largest absolute Gasteiger partial charge is 0.376 e. The molecule has 6 nitrogen and oxygen atoms in total. The Morgan fingerprint density at radius 1 is 1.32 bits per heavy atom. The van der Waals surface area contributed by atoms with Crippen molar-refractivity contribution in [3.63, 3.8) is 0 Å². The number of carbonyl (C=O) groups excluding carboxylic acids is 1. The minimum Gasteiger partial charge on any atom is -0.376 e. The number of hydrogen-bond donors (Lipinski definition) is 3. The molecule has 0 saturated carbocycles. The van der Waals surface area contributed by atoms with E-state index in [0.29, 0.717) is 31.2 Å². The van der Waals surface area contributed by atoms with Gasteiger partial charge in [-0.3, -0.25) is 9.79 Å². The Kier molecular flexibility index (Phi) is 6.67. The number of nitrogens with one attached hydrogen (secondary N) is 2. The minimum absolute atomic E-state index is 0.107. The highest BCUT2D eigenvalue weighted by atomic mass is 79.9. The van der Waals surface area contributed by atoms with Crippen molar-refractivity contribution in [3.8, 4) is 0 Å². The Hall–Kier alpha value is -1.60. The summed E-state index contributed by atoms with van der Waals surface area (Å²) < 4.78 is 6.41. The molecule has 120 valence electrons. The first-order valence-corrected chi connectivity index (χ1v) is 8.13. The Balaban J connectivity index is 1.62. The molecule has 2 rings (SSSR count). The summed E-state index contributed by atoms with van der Waals surface area (Å²) >= 11 is 3.34. The van der Waals surface area contributed by atoms with E-state index in [9.17, 15) is 4.79 Å². The zero-order valence-electron chi connectivity index (χ0n) is 12.3. The third-order valence-corrected chi connectivity index (χ3v) is 3.84. The number of guanidine groups is 1. The van der Waals surface area contributed by atoms with E-state index in [1.54, 1.807) is 12.1 Å². The van der Waals surface area contributed by atoms with Gasteiger partial charge in [0, 0.05) is 29.7 Å². The summed E-state index contributed by atoms with van der Waals surface area (Å²) in [5, 5.41) is 5.79. The van der Waals surface area contributed by atoms with E-state index in [1.165, 1.54) is 0 Å². The van der Waals surface area contributed by atoms with Gasteiger partial charge in [-0.05, 0) is 37.1 Å². The van der Waals surface area contributed by atoms with Crippen molar-refractivity contribution in [1.82, 2.24) is 10.6 Å². The van der Waals surface area contributed by atoms with Crippen molar-refractivity contribution in [2.75, 3.05) is 26.2 Å². The van der Waals surface area contributed by atoms with Crippen LogP contribution in [0.15, 0.2) is 33.7 Å². The normalized spacial score (nSPS) is 18.2. The minimum atomic E-state index is -0.107. The van der Waals surface area contributed by atoms with Gasteiger partial charge in [0.15, 0.2) is 5.96 Å². The van der Waals surface area contributed by atoms with Gasteiger partial charge in [0.05, 0.1) is 12.6 Å². The standard InChI is InChI=1S/C15H21BrN4O2/c16-12-5-3-11(4-6-12)14(21)18-7-8-19-15(17)20-10-13-2-1-9-22-13/h3-6,13H,1-2,7-10H2,(H,18,21)(H3,17,19,20). The lowest BCUT2D eigenvalue weighted by Crippen LogP contribution is -2.38. The smallest absolute Gasteiger partial charge is 0.251 e. The van der Waals surface area contributed by atoms with E-state index < -0.39 is 0 Å². The number of carbonyl (C=O) groups is 1. The number of ether oxygens (including phenoxy) is 1. The van der Waals surface area contributed by atoms with Crippen LogP contribution < -0.4 is 16.4 Å². The highest BCUT2D eigenvalue weighted by Crippen LogP contribution is 2.11. The summed E-state index contributed by atoms with van der Waals surface area (Å²) in [4.78, 5) is 16.1. The molecule has 0 aliphatic carbocycles. The lowest BCUT2D eigenvalue weighted by molar-refractivity contribution is 0.0954. The Morgan fingerprint density at radius 3 is 2.73 bits per heavy atom. The lowest BCUT2D eigenvalue weighted by Gasteiger charge is -2.09. The van der Waals surface area contributed by atoms with Crippen LogP contribution in [0.25, 0.3) is 0 Å². The summed E-state index contributed by atoms with van der Waals surface area (Å²) in [7, 11) is 0. The topological polar surface area (TPSA) is 88.7 Å². The average Bonchev–Trinajstić information content (AvgIpc) is 3.03. The number of nitrogens with two attached hydrogens (primary N) is 1. The molecule has 7 heteroatoms. The zero-order valence-corrected chi connectivity index (χ0v) is 13.9. The maximum atomic E-state index is 11.9. The van der Waals surface area contributed by atoms with Crippen LogP contribution in [-0.2, 0) is 4.74 Å². The molecule has 0 aromatic heterocycles. The van der Waals surface area contributed by atoms with Crippen LogP contribution in [0.3, 0.4) is 0 Å². The predicted octanol–water partition coefficient (Wildman–Crippen LogP) is 1.26. The third kappa shape index (κ3) is 5.65. The number of aliphatic imine (C=N–C) groups is 1. The molecule has 1 fully saturated rings. The molecule has 22 heavy (non-hydrogen) atoms. The van der Waals surface area contributed by atoms with Crippen molar-refractivity contribution in [1.29, 1.82) is 0 Å². The molecule has 0 bridgehead atoms. The van der Waals surface area contributed by atoms with E-state index >= 15 is 0 Å². The fourth-order valence-corrected chi connectivity index (χ4v) is 2.38. The molecule has 1 amide bonds. The first-order valence-electron chi connectivity index (χ1n) is 7.34. The second kappa shape index (κ2) is 8.75. The van der Waals surface area contributed by atoms with Crippen molar-refractivity contribution in [2.24, 2.45) is 10.7 Å². The molecule has 1 aromatic rings. The molecule has 0 radical (unpaired) electrons. The number of hydrogen-bond acceptors (Lipinski definition) is 3. The molecule has 4 N–H and O–H groups in total. The van der Waals surface area contributed by atoms with Crippen LogP contribution in [0.5, 0.6) is 0 Å². The predicted molar refractivity (Wildman–Crippen MR) is 89.9 cm³/mol. The van der Waals surface area contributed by atoms with E-state index in [1.807, 2.05) is 12.1 Å². The fourth-order valence-electron chi connectivity index (χ4n) is 2.11. The second-order valence-electron chi connectivity index (χ2n) is 5.05. The second-order valence-corrected chi connectivity index (χ2v) is 5.97. The maximum absolute atomic E-state index is 11.9. The van der Waals surface area contributed by atoms with Gasteiger partial charge < -0.3 is 21.1 Å². The van der Waals surface area contributed by atoms with Crippen LogP contribution in [0.4, 0.5) is 0 Å². The summed E-state index contributed by atoms with van der Waals surface area (Å²) in [6.45, 7) is 2.41. The Labute approximate surface area is 138 Å². The number of nitrogens with zero attached hydrogens (tertiary/aromatic N) is 1. The summed E-state index contributed by atoms with van der Waals surface area (Å²) in [6.07, 6.45) is 2.33. The summed E-state index contributed by atoms with van der Waals surface area (Å²) in [5.74, 6) is 0.276. The summed E-state index contributed by atoms with van der Waals surface area (Å²) in [6, 6.07) is 7.21. The third-order valence-electron chi connectivity index (χ3n) is 3.31. The van der Waals surface area contributed by atoms with E-state index in [4.69, 9.17) is 10.5 Å². The SMILES string of the molecule is NC(=NCC1CCCO1)NCCNC(=O)c1ccc(Br)cc1. The zero-order chi connectivity index (χ0) is 15.8. The van der Waals surface area contributed by atoms with Gasteiger partial charge in [0.2, 0.25) is 0 Å². The Morgan fingerprint density at radius 2 is 2.05 bits per heavy atom. The van der Waals surface area contributed by atoms with Gasteiger partial charge in [-0.25, -0.2) is 0 Å². The van der Waals surface area contributed by atoms with Gasteiger partial charge in [-0.2, -0.15) is 0 Å². The average molecular weight is 369 g/mol. The maximum Gasteiger partial charge on any atom is 0.251 e. The highest BCUT2D eigenvalue weighted by molar-refractivity contribution is 9.10. The van der Waals surface area contributed by atoms with Crippen LogP contribution in [0.2, 0.25) is 0 Å². The molecule has 1 saturated heterocycles. The highest BCUT2D eigenvalue weighted by Gasteiger charge is 2.14. The molecule has 0 spiro atoms. The van der Waals surface area contributed by atoms with Crippen LogP contribution in [0, 0.1) is 0 Å². The fraction of sp³-hybridized carbons (Fsp3) is 0.467. The Bertz CT molecular complexity index is 513. The quantitative estimate of drug-likeness (QED) is 0.400. The van der Waals surface area contributed by atoms with Crippen molar-refractivity contribution < 1.29 is 9.53 Å². The van der Waals surface area contributed by atoms with E-state index in [2.05, 4.69) is 31.6 Å². The van der Waals surface area contributed by atoms with Crippen molar-refractivity contribution in [3.05, 3.63) is 34.3 Å². The molecular weight excluding hydrogens is 348 g/mol. The van der Waals surface area contributed by atoms with E-state index in [-0.39, 0.29) is 12.0 Å². The molecule has 1 atom stereocenters. The van der Waals surface area contributed by atoms with Crippen LogP contribution in [0.1, 0.15) is 23.2 Å². The monoisotopic (exact) mass is 368 g/mol.